The molecule has 3 heterocycles. The molecular formula is C22H32O7. The highest BCUT2D eigenvalue weighted by atomic mass is 16.8. The molecule has 0 unspecified atom stereocenters. The summed E-state index contributed by atoms with van der Waals surface area (Å²) >= 11 is 0. The average molecular weight is 408 g/mol. The van der Waals surface area contributed by atoms with Crippen molar-refractivity contribution in [2.24, 2.45) is 0 Å². The zero-order valence-corrected chi connectivity index (χ0v) is 18.0. The third kappa shape index (κ3) is 4.76. The van der Waals surface area contributed by atoms with Crippen LogP contribution in [-0.2, 0) is 35.0 Å². The molecule has 3 aliphatic heterocycles. The lowest BCUT2D eigenvalue weighted by Gasteiger charge is -2.29. The van der Waals surface area contributed by atoms with Gasteiger partial charge in [-0.15, -0.1) is 0 Å². The number of benzene rings is 1. The van der Waals surface area contributed by atoms with E-state index in [9.17, 15) is 0 Å². The number of ether oxygens (including phenoxy) is 7. The van der Waals surface area contributed by atoms with Gasteiger partial charge < -0.3 is 33.2 Å². The Hall–Kier alpha value is -1.22. The van der Waals surface area contributed by atoms with Crippen molar-refractivity contribution in [3.05, 3.63) is 29.8 Å². The topological polar surface area (TPSA) is 64.6 Å². The van der Waals surface area contributed by atoms with Crippen molar-refractivity contribution in [3.63, 3.8) is 0 Å². The quantitative estimate of drug-likeness (QED) is 0.715. The van der Waals surface area contributed by atoms with E-state index < -0.39 is 17.9 Å². The zero-order chi connectivity index (χ0) is 20.8. The third-order valence-electron chi connectivity index (χ3n) is 5.16. The summed E-state index contributed by atoms with van der Waals surface area (Å²) in [5, 5.41) is 0. The normalized spacial score (nSPS) is 35.2. The highest BCUT2D eigenvalue weighted by Gasteiger charge is 2.58. The monoisotopic (exact) mass is 408 g/mol. The Morgan fingerprint density at radius 1 is 0.966 bits per heavy atom. The van der Waals surface area contributed by atoms with Gasteiger partial charge in [0.05, 0.1) is 19.3 Å². The van der Waals surface area contributed by atoms with Crippen LogP contribution in [0.5, 0.6) is 5.75 Å². The maximum Gasteiger partial charge on any atom is 0.190 e. The van der Waals surface area contributed by atoms with Crippen molar-refractivity contribution in [2.75, 3.05) is 6.61 Å². The van der Waals surface area contributed by atoms with Crippen molar-refractivity contribution in [2.45, 2.75) is 96.5 Å². The average Bonchev–Trinajstić information content (AvgIpc) is 3.23. The molecule has 0 spiro atoms. The van der Waals surface area contributed by atoms with Crippen molar-refractivity contribution in [3.8, 4) is 5.75 Å². The maximum atomic E-state index is 6.30. The second-order valence-corrected chi connectivity index (χ2v) is 9.02. The van der Waals surface area contributed by atoms with Gasteiger partial charge in [0, 0.05) is 0 Å². The van der Waals surface area contributed by atoms with Crippen LogP contribution < -0.4 is 4.74 Å². The van der Waals surface area contributed by atoms with Crippen LogP contribution in [0, 0.1) is 0 Å². The molecule has 29 heavy (non-hydrogen) atoms. The van der Waals surface area contributed by atoms with Crippen LogP contribution in [0.25, 0.3) is 0 Å². The molecule has 162 valence electrons. The van der Waals surface area contributed by atoms with Crippen LogP contribution in [0.4, 0.5) is 0 Å². The fourth-order valence-corrected chi connectivity index (χ4v) is 4.00. The molecule has 3 aliphatic rings. The zero-order valence-electron chi connectivity index (χ0n) is 18.0. The second kappa shape index (κ2) is 7.80. The Kier molecular flexibility index (Phi) is 5.65. The molecule has 0 aliphatic carbocycles. The van der Waals surface area contributed by atoms with E-state index in [0.29, 0.717) is 13.2 Å². The van der Waals surface area contributed by atoms with Crippen LogP contribution in [0.1, 0.15) is 47.1 Å². The molecule has 5 atom stereocenters. The van der Waals surface area contributed by atoms with Gasteiger partial charge in [0.25, 0.3) is 0 Å². The minimum atomic E-state index is -0.704. The minimum absolute atomic E-state index is 0.145. The first-order valence-corrected chi connectivity index (χ1v) is 10.3. The Labute approximate surface area is 172 Å². The first-order chi connectivity index (χ1) is 13.6. The summed E-state index contributed by atoms with van der Waals surface area (Å²) in [6.45, 7) is 12.5. The fraction of sp³-hybridized carbons (Fsp3) is 0.727. The lowest BCUT2D eigenvalue weighted by molar-refractivity contribution is -0.236. The predicted molar refractivity (Wildman–Crippen MR) is 104 cm³/mol. The van der Waals surface area contributed by atoms with E-state index in [1.165, 1.54) is 0 Å². The minimum Gasteiger partial charge on any atom is -0.491 e. The van der Waals surface area contributed by atoms with E-state index in [-0.39, 0.29) is 30.5 Å². The molecular weight excluding hydrogens is 376 g/mol. The SMILES string of the molecule is CC(C)Oc1ccc(CO[C@H]2[C@@H]3OC(C)(C)O[C@@H]3O[C@H]2[C@@H]2COC(C)(C)O2)cc1. The first kappa shape index (κ1) is 21.0. The van der Waals surface area contributed by atoms with E-state index in [1.54, 1.807) is 0 Å². The van der Waals surface area contributed by atoms with Gasteiger partial charge in [-0.3, -0.25) is 0 Å². The molecule has 0 bridgehead atoms. The van der Waals surface area contributed by atoms with Gasteiger partial charge in [-0.1, -0.05) is 12.1 Å². The van der Waals surface area contributed by atoms with Gasteiger partial charge in [0.2, 0.25) is 0 Å². The molecule has 7 nitrogen and oxygen atoms in total. The smallest absolute Gasteiger partial charge is 0.190 e. The van der Waals surface area contributed by atoms with Crippen LogP contribution >= 0.6 is 0 Å². The standard InChI is InChI=1S/C22H32O7/c1-13(2)25-15-9-7-14(8-10-15)11-23-18-17(16-12-24-21(3,4)27-16)26-20-19(18)28-22(5,6)29-20/h7-10,13,16-20H,11-12H2,1-6H3/t16-,17-,18+,19-,20-/m0/s1. The summed E-state index contributed by atoms with van der Waals surface area (Å²) in [4.78, 5) is 0. The summed E-state index contributed by atoms with van der Waals surface area (Å²) in [5.41, 5.74) is 1.05. The van der Waals surface area contributed by atoms with E-state index in [0.717, 1.165) is 11.3 Å². The largest absolute Gasteiger partial charge is 0.491 e. The Bertz CT molecular complexity index is 700. The maximum absolute atomic E-state index is 6.30. The Balaban J connectivity index is 1.44. The molecule has 0 aromatic heterocycles. The van der Waals surface area contributed by atoms with Crippen LogP contribution in [0.3, 0.4) is 0 Å². The van der Waals surface area contributed by atoms with Crippen molar-refractivity contribution in [1.29, 1.82) is 0 Å². The molecule has 1 aromatic carbocycles. The first-order valence-electron chi connectivity index (χ1n) is 10.3. The van der Waals surface area contributed by atoms with Crippen LogP contribution in [0.15, 0.2) is 24.3 Å². The van der Waals surface area contributed by atoms with Crippen molar-refractivity contribution < 1.29 is 33.2 Å². The van der Waals surface area contributed by atoms with Gasteiger partial charge in [-0.2, -0.15) is 0 Å². The summed E-state index contributed by atoms with van der Waals surface area (Å²) in [6, 6.07) is 7.93. The van der Waals surface area contributed by atoms with Crippen LogP contribution in [-0.4, -0.2) is 55.0 Å². The lowest BCUT2D eigenvalue weighted by Crippen LogP contribution is -2.44. The van der Waals surface area contributed by atoms with E-state index in [4.69, 9.17) is 33.2 Å². The number of fused-ring (bicyclic) bond motifs is 1. The van der Waals surface area contributed by atoms with Crippen molar-refractivity contribution >= 4 is 0 Å². The van der Waals surface area contributed by atoms with Crippen molar-refractivity contribution in [1.82, 2.24) is 0 Å². The molecule has 1 aromatic rings. The molecule has 3 saturated heterocycles. The second-order valence-electron chi connectivity index (χ2n) is 9.02. The Morgan fingerprint density at radius 2 is 1.69 bits per heavy atom. The highest BCUT2D eigenvalue weighted by Crippen LogP contribution is 2.42. The summed E-state index contributed by atoms with van der Waals surface area (Å²) in [6.07, 6.45) is -1.54. The van der Waals surface area contributed by atoms with E-state index in [1.807, 2.05) is 65.8 Å². The predicted octanol–water partition coefficient (Wildman–Crippen LogP) is 3.39. The molecule has 4 rings (SSSR count). The molecule has 7 heteroatoms. The molecule has 3 fully saturated rings. The van der Waals surface area contributed by atoms with Gasteiger partial charge >= 0.3 is 0 Å². The third-order valence-corrected chi connectivity index (χ3v) is 5.16. The fourth-order valence-electron chi connectivity index (χ4n) is 4.00. The van der Waals surface area contributed by atoms with E-state index in [2.05, 4.69) is 0 Å². The number of hydrogen-bond acceptors (Lipinski definition) is 7. The van der Waals surface area contributed by atoms with Crippen LogP contribution in [0.2, 0.25) is 0 Å². The van der Waals surface area contributed by atoms with Gasteiger partial charge in [0.15, 0.2) is 17.9 Å². The molecule has 0 saturated carbocycles. The lowest BCUT2D eigenvalue weighted by atomic mass is 10.1. The van der Waals surface area contributed by atoms with Gasteiger partial charge in [-0.05, 0) is 59.2 Å². The molecule has 0 amide bonds. The highest BCUT2D eigenvalue weighted by molar-refractivity contribution is 5.27. The number of rotatable bonds is 6. The van der Waals surface area contributed by atoms with E-state index >= 15 is 0 Å². The summed E-state index contributed by atoms with van der Waals surface area (Å²) in [7, 11) is 0. The summed E-state index contributed by atoms with van der Waals surface area (Å²) < 4.78 is 41.9. The Morgan fingerprint density at radius 3 is 2.31 bits per heavy atom. The van der Waals surface area contributed by atoms with Gasteiger partial charge in [-0.25, -0.2) is 0 Å². The molecule has 0 N–H and O–H groups in total. The van der Waals surface area contributed by atoms with Gasteiger partial charge in [0.1, 0.15) is 30.2 Å². The molecule has 0 radical (unpaired) electrons. The number of hydrogen-bond donors (Lipinski definition) is 0. The summed E-state index contributed by atoms with van der Waals surface area (Å²) in [5.74, 6) is -0.494.